The summed E-state index contributed by atoms with van der Waals surface area (Å²) in [6, 6.07) is 1.62. The maximum Gasteiger partial charge on any atom is 0.188 e. The van der Waals surface area contributed by atoms with Gasteiger partial charge in [-0.15, -0.1) is 0 Å². The fourth-order valence-electron chi connectivity index (χ4n) is 3.92. The Balaban J connectivity index is 1.94. The summed E-state index contributed by atoms with van der Waals surface area (Å²) >= 11 is 0. The molecule has 0 saturated heterocycles. The van der Waals surface area contributed by atoms with E-state index in [1.165, 1.54) is 64.2 Å². The number of hydrogen-bond donors (Lipinski definition) is 0. The quantitative estimate of drug-likeness (QED) is 0.769. The molecule has 0 radical (unpaired) electrons. The van der Waals surface area contributed by atoms with Crippen LogP contribution in [0.5, 0.6) is 0 Å². The molecule has 104 valence electrons. The molecule has 2 fully saturated rings. The Kier molecular flexibility index (Phi) is 4.05. The van der Waals surface area contributed by atoms with Crippen LogP contribution in [-0.2, 0) is 0 Å². The van der Waals surface area contributed by atoms with Gasteiger partial charge in [0.1, 0.15) is 5.76 Å². The third-order valence-corrected chi connectivity index (χ3v) is 4.93. The van der Waals surface area contributed by atoms with Crippen molar-refractivity contribution in [1.82, 2.24) is 0 Å². The van der Waals surface area contributed by atoms with Gasteiger partial charge in [-0.2, -0.15) is 0 Å². The van der Waals surface area contributed by atoms with Crippen LogP contribution in [0.4, 0.5) is 0 Å². The Morgan fingerprint density at radius 3 is 2.05 bits per heavy atom. The van der Waals surface area contributed by atoms with E-state index in [0.717, 1.165) is 11.3 Å². The zero-order valence-electron chi connectivity index (χ0n) is 11.7. The zero-order valence-corrected chi connectivity index (χ0v) is 11.7. The van der Waals surface area contributed by atoms with Crippen LogP contribution in [0.2, 0.25) is 0 Å². The topological polar surface area (TPSA) is 30.2 Å². The summed E-state index contributed by atoms with van der Waals surface area (Å²) in [6.07, 6.45) is 14.1. The smallest absolute Gasteiger partial charge is 0.188 e. The Morgan fingerprint density at radius 1 is 0.842 bits per heavy atom. The average Bonchev–Trinajstić information content (AvgIpc) is 2.49. The van der Waals surface area contributed by atoms with Crippen molar-refractivity contribution < 1.29 is 4.42 Å². The Hall–Kier alpha value is -1.05. The highest BCUT2D eigenvalue weighted by molar-refractivity contribution is 5.25. The molecule has 2 aliphatic carbocycles. The normalized spacial score (nSPS) is 22.5. The summed E-state index contributed by atoms with van der Waals surface area (Å²) in [5.74, 6) is 2.00. The summed E-state index contributed by atoms with van der Waals surface area (Å²) in [4.78, 5) is 12.3. The lowest BCUT2D eigenvalue weighted by molar-refractivity contribution is 0.347. The van der Waals surface area contributed by atoms with Crippen molar-refractivity contribution in [3.8, 4) is 0 Å². The molecule has 1 heterocycles. The van der Waals surface area contributed by atoms with Crippen molar-refractivity contribution in [2.75, 3.05) is 0 Å². The molecule has 1 aromatic rings. The summed E-state index contributed by atoms with van der Waals surface area (Å²) in [5, 5.41) is 0. The molecule has 0 amide bonds. The van der Waals surface area contributed by atoms with Gasteiger partial charge in [-0.3, -0.25) is 4.79 Å². The molecule has 2 nitrogen and oxygen atoms in total. The Morgan fingerprint density at radius 2 is 1.42 bits per heavy atom. The van der Waals surface area contributed by atoms with Crippen molar-refractivity contribution in [3.63, 3.8) is 0 Å². The molecule has 0 aliphatic heterocycles. The second-order valence-corrected chi connectivity index (χ2v) is 6.23. The summed E-state index contributed by atoms with van der Waals surface area (Å²) in [7, 11) is 0. The first-order valence-electron chi connectivity index (χ1n) is 7.98. The van der Waals surface area contributed by atoms with Gasteiger partial charge in [-0.25, -0.2) is 0 Å². The fraction of sp³-hybridized carbons (Fsp3) is 0.706. The molecule has 1 aromatic heterocycles. The molecule has 0 atom stereocenters. The molecule has 0 N–H and O–H groups in total. The van der Waals surface area contributed by atoms with Crippen molar-refractivity contribution >= 4 is 0 Å². The maximum atomic E-state index is 12.3. The van der Waals surface area contributed by atoms with E-state index in [9.17, 15) is 4.79 Å². The van der Waals surface area contributed by atoms with Crippen LogP contribution in [0.15, 0.2) is 21.5 Å². The molecule has 0 aromatic carbocycles. The molecule has 2 saturated carbocycles. The minimum Gasteiger partial charge on any atom is -0.468 e. The van der Waals surface area contributed by atoms with Crippen LogP contribution >= 0.6 is 0 Å². The molecule has 2 heteroatoms. The largest absolute Gasteiger partial charge is 0.468 e. The predicted octanol–water partition coefficient (Wildman–Crippen LogP) is 4.74. The van der Waals surface area contributed by atoms with Gasteiger partial charge in [0.25, 0.3) is 0 Å². The monoisotopic (exact) mass is 260 g/mol. The van der Waals surface area contributed by atoms with Crippen LogP contribution in [0.25, 0.3) is 0 Å². The number of hydrogen-bond acceptors (Lipinski definition) is 2. The third kappa shape index (κ3) is 2.77. The molecular weight excluding hydrogens is 236 g/mol. The van der Waals surface area contributed by atoms with E-state index in [0.29, 0.717) is 11.8 Å². The molecule has 0 spiro atoms. The first-order chi connectivity index (χ1) is 9.36. The van der Waals surface area contributed by atoms with Crippen LogP contribution < -0.4 is 5.43 Å². The molecule has 19 heavy (non-hydrogen) atoms. The van der Waals surface area contributed by atoms with Gasteiger partial charge in [-0.05, 0) is 31.6 Å². The van der Waals surface area contributed by atoms with Gasteiger partial charge in [0.05, 0.1) is 6.26 Å². The molecule has 0 unspecified atom stereocenters. The zero-order chi connectivity index (χ0) is 13.1. The van der Waals surface area contributed by atoms with Crippen molar-refractivity contribution in [2.45, 2.75) is 76.0 Å². The van der Waals surface area contributed by atoms with E-state index >= 15 is 0 Å². The van der Waals surface area contributed by atoms with E-state index in [-0.39, 0.29) is 5.43 Å². The first kappa shape index (κ1) is 13.0. The van der Waals surface area contributed by atoms with Crippen LogP contribution in [-0.4, -0.2) is 0 Å². The van der Waals surface area contributed by atoms with E-state index in [1.807, 2.05) is 0 Å². The van der Waals surface area contributed by atoms with Gasteiger partial charge >= 0.3 is 0 Å². The molecule has 0 bridgehead atoms. The summed E-state index contributed by atoms with van der Waals surface area (Å²) < 4.78 is 5.83. The summed E-state index contributed by atoms with van der Waals surface area (Å²) in [6.45, 7) is 0. The lowest BCUT2D eigenvalue weighted by Crippen LogP contribution is -2.20. The second-order valence-electron chi connectivity index (χ2n) is 6.23. The van der Waals surface area contributed by atoms with Crippen molar-refractivity contribution in [1.29, 1.82) is 0 Å². The van der Waals surface area contributed by atoms with Gasteiger partial charge in [0, 0.05) is 17.5 Å². The SMILES string of the molecule is O=c1ccoc(C2CCCCC2)c1C1CCCCC1. The molecule has 3 rings (SSSR count). The lowest BCUT2D eigenvalue weighted by atomic mass is 9.79. The second kappa shape index (κ2) is 5.94. The minimum absolute atomic E-state index is 0.221. The highest BCUT2D eigenvalue weighted by Gasteiger charge is 2.27. The Bertz CT molecular complexity index is 462. The van der Waals surface area contributed by atoms with E-state index in [4.69, 9.17) is 4.42 Å². The van der Waals surface area contributed by atoms with E-state index < -0.39 is 0 Å². The van der Waals surface area contributed by atoms with Crippen LogP contribution in [0.1, 0.15) is 87.4 Å². The third-order valence-electron chi connectivity index (χ3n) is 4.93. The fourth-order valence-corrected chi connectivity index (χ4v) is 3.92. The van der Waals surface area contributed by atoms with E-state index in [1.54, 1.807) is 12.3 Å². The van der Waals surface area contributed by atoms with Crippen LogP contribution in [0, 0.1) is 0 Å². The standard InChI is InChI=1S/C17H24O2/c18-15-11-12-19-17(14-9-5-2-6-10-14)16(15)13-7-3-1-4-8-13/h11-14H,1-10H2. The average molecular weight is 260 g/mol. The first-order valence-corrected chi connectivity index (χ1v) is 7.98. The van der Waals surface area contributed by atoms with Gasteiger partial charge in [0.2, 0.25) is 0 Å². The number of rotatable bonds is 2. The summed E-state index contributed by atoms with van der Waals surface area (Å²) in [5.41, 5.74) is 1.26. The highest BCUT2D eigenvalue weighted by atomic mass is 16.3. The van der Waals surface area contributed by atoms with Gasteiger partial charge in [0.15, 0.2) is 5.43 Å². The Labute approximate surface area is 115 Å². The predicted molar refractivity (Wildman–Crippen MR) is 76.6 cm³/mol. The highest BCUT2D eigenvalue weighted by Crippen LogP contribution is 2.39. The van der Waals surface area contributed by atoms with Gasteiger partial charge < -0.3 is 4.42 Å². The maximum absolute atomic E-state index is 12.3. The van der Waals surface area contributed by atoms with Gasteiger partial charge in [-0.1, -0.05) is 38.5 Å². The lowest BCUT2D eigenvalue weighted by Gasteiger charge is -2.27. The molecular formula is C17H24O2. The van der Waals surface area contributed by atoms with E-state index in [2.05, 4.69) is 0 Å². The van der Waals surface area contributed by atoms with Crippen LogP contribution in [0.3, 0.4) is 0 Å². The molecule has 2 aliphatic rings. The van der Waals surface area contributed by atoms with Crippen molar-refractivity contribution in [2.24, 2.45) is 0 Å². The minimum atomic E-state index is 0.221. The van der Waals surface area contributed by atoms with Crippen molar-refractivity contribution in [3.05, 3.63) is 33.9 Å².